The molecule has 88 valence electrons. The average molecular weight is 239 g/mol. The van der Waals surface area contributed by atoms with E-state index in [-0.39, 0.29) is 5.91 Å². The van der Waals surface area contributed by atoms with Gasteiger partial charge in [-0.25, -0.2) is 0 Å². The number of amides is 1. The van der Waals surface area contributed by atoms with Crippen molar-refractivity contribution in [2.45, 2.75) is 12.8 Å². The Balaban J connectivity index is 2.12. The summed E-state index contributed by atoms with van der Waals surface area (Å²) >= 11 is 1.46. The molecule has 0 radical (unpaired) electrons. The monoisotopic (exact) mass is 239 g/mol. The van der Waals surface area contributed by atoms with Gasteiger partial charge in [-0.2, -0.15) is 0 Å². The Morgan fingerprint density at radius 2 is 2.38 bits per heavy atom. The Hall–Kier alpha value is -1.23. The van der Waals surface area contributed by atoms with Crippen LogP contribution in [0.3, 0.4) is 0 Å². The second-order valence-corrected chi connectivity index (χ2v) is 5.30. The van der Waals surface area contributed by atoms with Gasteiger partial charge in [0.25, 0.3) is 5.91 Å². The first-order valence-electron chi connectivity index (χ1n) is 5.44. The Bertz CT molecular complexity index is 398. The summed E-state index contributed by atoms with van der Waals surface area (Å²) in [6.07, 6.45) is 2.65. The van der Waals surface area contributed by atoms with Crippen LogP contribution in [0.25, 0.3) is 0 Å². The fourth-order valence-corrected chi connectivity index (χ4v) is 2.65. The van der Waals surface area contributed by atoms with Gasteiger partial charge in [-0.1, -0.05) is 0 Å². The van der Waals surface area contributed by atoms with E-state index in [0.717, 1.165) is 17.5 Å². The second-order valence-electron chi connectivity index (χ2n) is 4.27. The maximum absolute atomic E-state index is 11.5. The predicted molar refractivity (Wildman–Crippen MR) is 68.1 cm³/mol. The zero-order valence-electron chi connectivity index (χ0n) is 9.62. The van der Waals surface area contributed by atoms with Gasteiger partial charge >= 0.3 is 0 Å². The molecule has 1 heterocycles. The lowest BCUT2D eigenvalue weighted by Crippen LogP contribution is -2.18. The third-order valence-corrected chi connectivity index (χ3v) is 4.05. The third kappa shape index (κ3) is 2.29. The molecule has 1 aromatic rings. The van der Waals surface area contributed by atoms with Crippen LogP contribution in [0.5, 0.6) is 0 Å². The van der Waals surface area contributed by atoms with E-state index in [1.165, 1.54) is 24.2 Å². The minimum absolute atomic E-state index is 0.103. The number of hydrogen-bond donors (Lipinski definition) is 2. The smallest absolute Gasteiger partial charge is 0.263 e. The van der Waals surface area contributed by atoms with Crippen molar-refractivity contribution in [3.05, 3.63) is 10.9 Å². The van der Waals surface area contributed by atoms with Crippen LogP contribution in [-0.2, 0) is 0 Å². The molecule has 0 bridgehead atoms. The van der Waals surface area contributed by atoms with E-state index in [1.807, 2.05) is 6.07 Å². The first-order valence-corrected chi connectivity index (χ1v) is 6.26. The molecule has 3 N–H and O–H groups in total. The van der Waals surface area contributed by atoms with Crippen LogP contribution < -0.4 is 16.0 Å². The number of hydrogen-bond acceptors (Lipinski definition) is 4. The van der Waals surface area contributed by atoms with E-state index in [0.29, 0.717) is 10.6 Å². The molecule has 1 aromatic heterocycles. The van der Waals surface area contributed by atoms with Gasteiger partial charge in [-0.15, -0.1) is 11.3 Å². The standard InChI is InChI=1S/C11H17N3OS/c1-13-11(15)10-8(12)5-9(16-10)14(2)6-7-3-4-7/h5,7H,3-4,6,12H2,1-2H3,(H,13,15). The molecule has 4 nitrogen and oxygen atoms in total. The van der Waals surface area contributed by atoms with Crippen molar-refractivity contribution < 1.29 is 4.79 Å². The number of nitrogens with two attached hydrogens (primary N) is 1. The van der Waals surface area contributed by atoms with Gasteiger partial charge in [0.2, 0.25) is 0 Å². The number of carbonyl (C=O) groups is 1. The summed E-state index contributed by atoms with van der Waals surface area (Å²) in [5.41, 5.74) is 6.40. The highest BCUT2D eigenvalue weighted by atomic mass is 32.1. The summed E-state index contributed by atoms with van der Waals surface area (Å²) < 4.78 is 0. The number of thiophene rings is 1. The molecule has 0 spiro atoms. The van der Waals surface area contributed by atoms with E-state index in [1.54, 1.807) is 7.05 Å². The summed E-state index contributed by atoms with van der Waals surface area (Å²) in [6.45, 7) is 1.06. The molecule has 1 amide bonds. The van der Waals surface area contributed by atoms with E-state index >= 15 is 0 Å². The summed E-state index contributed by atoms with van der Waals surface area (Å²) in [5.74, 6) is 0.727. The lowest BCUT2D eigenvalue weighted by Gasteiger charge is -2.15. The number of rotatable bonds is 4. The molecule has 1 saturated carbocycles. The fraction of sp³-hybridized carbons (Fsp3) is 0.545. The van der Waals surface area contributed by atoms with Gasteiger partial charge in [0.05, 0.1) is 10.7 Å². The summed E-state index contributed by atoms with van der Waals surface area (Å²) in [5, 5.41) is 3.67. The van der Waals surface area contributed by atoms with Crippen molar-refractivity contribution in [1.82, 2.24) is 5.32 Å². The molecule has 0 aliphatic heterocycles. The minimum atomic E-state index is -0.103. The number of anilines is 2. The molecular weight excluding hydrogens is 222 g/mol. The lowest BCUT2D eigenvalue weighted by atomic mass is 10.3. The van der Waals surface area contributed by atoms with Crippen molar-refractivity contribution in [3.63, 3.8) is 0 Å². The Morgan fingerprint density at radius 3 is 2.94 bits per heavy atom. The zero-order chi connectivity index (χ0) is 11.7. The summed E-state index contributed by atoms with van der Waals surface area (Å²) in [4.78, 5) is 14.3. The summed E-state index contributed by atoms with van der Waals surface area (Å²) in [6, 6.07) is 1.89. The lowest BCUT2D eigenvalue weighted by molar-refractivity contribution is 0.0968. The van der Waals surface area contributed by atoms with E-state index in [9.17, 15) is 4.79 Å². The molecular formula is C11H17N3OS. The molecule has 5 heteroatoms. The van der Waals surface area contributed by atoms with Gasteiger partial charge in [-0.3, -0.25) is 4.79 Å². The Morgan fingerprint density at radius 1 is 1.69 bits per heavy atom. The van der Waals surface area contributed by atoms with E-state index < -0.39 is 0 Å². The highest BCUT2D eigenvalue weighted by Crippen LogP contribution is 2.35. The molecule has 0 saturated heterocycles. The minimum Gasteiger partial charge on any atom is -0.397 e. The molecule has 16 heavy (non-hydrogen) atoms. The van der Waals surface area contributed by atoms with Gasteiger partial charge < -0.3 is 16.0 Å². The SMILES string of the molecule is CNC(=O)c1sc(N(C)CC2CC2)cc1N. The molecule has 1 fully saturated rings. The topological polar surface area (TPSA) is 58.4 Å². The zero-order valence-corrected chi connectivity index (χ0v) is 10.4. The number of nitrogen functional groups attached to an aromatic ring is 1. The maximum Gasteiger partial charge on any atom is 0.263 e. The molecule has 0 atom stereocenters. The van der Waals surface area contributed by atoms with Crippen molar-refractivity contribution in [2.24, 2.45) is 5.92 Å². The Labute approximate surface area is 99.4 Å². The van der Waals surface area contributed by atoms with Gasteiger partial charge in [0.15, 0.2) is 0 Å². The number of carbonyl (C=O) groups excluding carboxylic acids is 1. The van der Waals surface area contributed by atoms with Crippen LogP contribution in [0, 0.1) is 5.92 Å². The van der Waals surface area contributed by atoms with Gasteiger partial charge in [0, 0.05) is 20.6 Å². The highest BCUT2D eigenvalue weighted by molar-refractivity contribution is 7.18. The quantitative estimate of drug-likeness (QED) is 0.838. The van der Waals surface area contributed by atoms with E-state index in [2.05, 4.69) is 17.3 Å². The normalized spacial score (nSPS) is 14.9. The van der Waals surface area contributed by atoms with Crippen molar-refractivity contribution in [1.29, 1.82) is 0 Å². The van der Waals surface area contributed by atoms with Crippen molar-refractivity contribution >= 4 is 27.9 Å². The van der Waals surface area contributed by atoms with Crippen LogP contribution in [0.1, 0.15) is 22.5 Å². The summed E-state index contributed by atoms with van der Waals surface area (Å²) in [7, 11) is 3.67. The molecule has 1 aliphatic rings. The van der Waals surface area contributed by atoms with E-state index in [4.69, 9.17) is 5.73 Å². The fourth-order valence-electron chi connectivity index (χ4n) is 1.65. The number of nitrogens with zero attached hydrogens (tertiary/aromatic N) is 1. The largest absolute Gasteiger partial charge is 0.397 e. The predicted octanol–water partition coefficient (Wildman–Crippen LogP) is 1.54. The number of nitrogens with one attached hydrogen (secondary N) is 1. The van der Waals surface area contributed by atoms with Crippen LogP contribution in [0.15, 0.2) is 6.07 Å². The highest BCUT2D eigenvalue weighted by Gasteiger charge is 2.24. The van der Waals surface area contributed by atoms with Crippen LogP contribution >= 0.6 is 11.3 Å². The molecule has 1 aliphatic carbocycles. The first-order chi connectivity index (χ1) is 7.61. The van der Waals surface area contributed by atoms with Crippen molar-refractivity contribution in [2.75, 3.05) is 31.3 Å². The van der Waals surface area contributed by atoms with Crippen LogP contribution in [0.2, 0.25) is 0 Å². The van der Waals surface area contributed by atoms with Crippen LogP contribution in [0.4, 0.5) is 10.7 Å². The average Bonchev–Trinajstić information content (AvgIpc) is 2.98. The molecule has 2 rings (SSSR count). The van der Waals surface area contributed by atoms with Gasteiger partial charge in [0.1, 0.15) is 4.88 Å². The second kappa shape index (κ2) is 4.33. The van der Waals surface area contributed by atoms with Crippen LogP contribution in [-0.4, -0.2) is 26.5 Å². The Kier molecular flexibility index (Phi) is 3.05. The molecule has 0 unspecified atom stereocenters. The maximum atomic E-state index is 11.5. The molecule has 0 aromatic carbocycles. The van der Waals surface area contributed by atoms with Crippen molar-refractivity contribution in [3.8, 4) is 0 Å². The van der Waals surface area contributed by atoms with Gasteiger partial charge in [-0.05, 0) is 24.8 Å². The third-order valence-electron chi connectivity index (χ3n) is 2.79. The first kappa shape index (κ1) is 11.3.